The summed E-state index contributed by atoms with van der Waals surface area (Å²) in [4.78, 5) is 60.0. The third-order valence-electron chi connectivity index (χ3n) is 6.04. The zero-order valence-corrected chi connectivity index (χ0v) is 28.1. The number of aromatic nitrogens is 2. The van der Waals surface area contributed by atoms with E-state index in [2.05, 4.69) is 31.2 Å². The van der Waals surface area contributed by atoms with E-state index < -0.39 is 41.1 Å². The fourth-order valence-electron chi connectivity index (χ4n) is 4.02. The number of aliphatic hydroxyl groups excluding tert-OH is 1. The number of rotatable bonds is 10. The number of aliphatic hydroxyl groups is 1. The maximum Gasteiger partial charge on any atom is 0.425 e. The summed E-state index contributed by atoms with van der Waals surface area (Å²) >= 11 is 0. The van der Waals surface area contributed by atoms with Crippen LogP contribution in [0.2, 0.25) is 0 Å². The molecule has 48 heavy (non-hydrogen) atoms. The number of pyridine rings is 2. The van der Waals surface area contributed by atoms with Crippen LogP contribution in [0, 0.1) is 5.82 Å². The number of benzene rings is 1. The fourth-order valence-corrected chi connectivity index (χ4v) is 4.02. The first-order valence-electron chi connectivity index (χ1n) is 15.2. The van der Waals surface area contributed by atoms with Crippen molar-refractivity contribution in [3.05, 3.63) is 65.6 Å². The molecule has 0 aliphatic heterocycles. The van der Waals surface area contributed by atoms with E-state index in [1.54, 1.807) is 65.8 Å². The number of carbonyl (C=O) groups excluding carboxylic acids is 4. The molecule has 258 valence electrons. The first kappa shape index (κ1) is 37.2. The maximum absolute atomic E-state index is 15.0. The second-order valence-electron chi connectivity index (χ2n) is 12.4. The van der Waals surface area contributed by atoms with E-state index >= 15 is 4.39 Å². The Balaban J connectivity index is 1.67. The van der Waals surface area contributed by atoms with Gasteiger partial charge in [0.2, 0.25) is 0 Å². The number of ether oxygens (including phenoxy) is 2. The van der Waals surface area contributed by atoms with Gasteiger partial charge in [-0.2, -0.15) is 4.90 Å². The summed E-state index contributed by atoms with van der Waals surface area (Å²) in [6, 6.07) is 9.57. The highest BCUT2D eigenvalue weighted by Crippen LogP contribution is 2.26. The zero-order chi connectivity index (χ0) is 35.6. The van der Waals surface area contributed by atoms with Crippen molar-refractivity contribution in [1.82, 2.24) is 20.6 Å². The van der Waals surface area contributed by atoms with Crippen LogP contribution in [-0.4, -0.2) is 70.1 Å². The molecule has 0 fully saturated rings. The van der Waals surface area contributed by atoms with E-state index in [0.717, 1.165) is 0 Å². The van der Waals surface area contributed by atoms with E-state index in [1.807, 2.05) is 6.92 Å². The molecule has 3 aromatic rings. The van der Waals surface area contributed by atoms with E-state index in [0.29, 0.717) is 34.1 Å². The molecule has 0 atom stereocenters. The number of nitrogens with zero attached hydrogens (tertiary/aromatic N) is 3. The quantitative estimate of drug-likeness (QED) is 0.187. The molecular formula is C33H42FN7O7. The molecule has 1 aromatic carbocycles. The van der Waals surface area contributed by atoms with E-state index in [4.69, 9.17) is 14.6 Å². The van der Waals surface area contributed by atoms with Crippen molar-refractivity contribution in [1.29, 1.82) is 0 Å². The predicted octanol–water partition coefficient (Wildman–Crippen LogP) is 5.43. The molecule has 0 saturated heterocycles. The maximum atomic E-state index is 15.0. The lowest BCUT2D eigenvalue weighted by molar-refractivity contribution is 0.0428. The number of imide groups is 1. The lowest BCUT2D eigenvalue weighted by atomic mass is 10.1. The van der Waals surface area contributed by atoms with Crippen molar-refractivity contribution in [3.8, 4) is 11.3 Å². The van der Waals surface area contributed by atoms with Gasteiger partial charge in [0.15, 0.2) is 0 Å². The van der Waals surface area contributed by atoms with E-state index in [1.165, 1.54) is 24.4 Å². The average Bonchev–Trinajstić information content (AvgIpc) is 2.99. The molecule has 0 unspecified atom stereocenters. The molecule has 5 N–H and O–H groups in total. The van der Waals surface area contributed by atoms with Crippen molar-refractivity contribution in [2.24, 2.45) is 0 Å². The summed E-state index contributed by atoms with van der Waals surface area (Å²) in [5.41, 5.74) is -0.237. The summed E-state index contributed by atoms with van der Waals surface area (Å²) < 4.78 is 25.8. The molecule has 0 aliphatic rings. The van der Waals surface area contributed by atoms with Gasteiger partial charge in [-0.3, -0.25) is 4.79 Å². The monoisotopic (exact) mass is 667 g/mol. The Labute approximate surface area is 278 Å². The second kappa shape index (κ2) is 16.0. The van der Waals surface area contributed by atoms with Gasteiger partial charge in [0.25, 0.3) is 5.91 Å². The largest absolute Gasteiger partial charge is 0.443 e. The number of nitrogens with one attached hydrogen (secondary N) is 4. The number of anilines is 3. The molecule has 0 aliphatic carbocycles. The Bertz CT molecular complexity index is 1590. The number of urea groups is 1. The molecular weight excluding hydrogens is 625 g/mol. The Morgan fingerprint density at radius 3 is 2.12 bits per heavy atom. The Hall–Kier alpha value is -5.31. The summed E-state index contributed by atoms with van der Waals surface area (Å²) in [7, 11) is 0. The van der Waals surface area contributed by atoms with Gasteiger partial charge in [0.1, 0.15) is 28.7 Å². The van der Waals surface area contributed by atoms with Crippen molar-refractivity contribution < 1.29 is 38.1 Å². The second-order valence-corrected chi connectivity index (χ2v) is 12.4. The molecule has 0 bridgehead atoms. The molecule has 0 saturated carbocycles. The molecule has 0 radical (unpaired) electrons. The van der Waals surface area contributed by atoms with Crippen LogP contribution in [0.4, 0.5) is 36.1 Å². The predicted molar refractivity (Wildman–Crippen MR) is 178 cm³/mol. The topological polar surface area (TPSA) is 184 Å². The number of carbonyl (C=O) groups is 4. The number of hydrogen-bond donors (Lipinski definition) is 5. The molecule has 14 nitrogen and oxygen atoms in total. The number of halogens is 1. The Morgan fingerprint density at radius 2 is 1.58 bits per heavy atom. The standard InChI is InChI=1S/C33H42FN7O7/c1-8-35-27-22(28(43)36-15-16-42)11-13-24(39-27)21-10-12-25(23(34)17-21)40-29(44)38-19-20-9-14-26(37-18-20)41(30(45)47-32(2,3)4)31(46)48-33(5,6)7/h9-14,17-18,42H,8,15-16,19H2,1-7H3,(H,35,39)(H,36,43)(H2,38,40,44). The van der Waals surface area contributed by atoms with Crippen LogP contribution >= 0.6 is 0 Å². The van der Waals surface area contributed by atoms with Crippen LogP contribution in [0.15, 0.2) is 48.7 Å². The van der Waals surface area contributed by atoms with E-state index in [-0.39, 0.29) is 36.8 Å². The summed E-state index contributed by atoms with van der Waals surface area (Å²) in [6.07, 6.45) is -0.562. The highest BCUT2D eigenvalue weighted by molar-refractivity contribution is 6.08. The Kier molecular flexibility index (Phi) is 12.4. The lowest BCUT2D eigenvalue weighted by Gasteiger charge is -2.28. The first-order chi connectivity index (χ1) is 22.5. The van der Waals surface area contributed by atoms with Crippen molar-refractivity contribution in [2.75, 3.05) is 35.2 Å². The van der Waals surface area contributed by atoms with Gasteiger partial charge < -0.3 is 35.8 Å². The SMILES string of the molecule is CCNc1nc(-c2ccc(NC(=O)NCc3ccc(N(C(=O)OC(C)(C)C)C(=O)OC(C)(C)C)nc3)c(F)c2)ccc1C(=O)NCCO. The number of amides is 5. The van der Waals surface area contributed by atoms with Crippen molar-refractivity contribution in [2.45, 2.75) is 66.2 Å². The minimum absolute atomic E-state index is 0.00690. The van der Waals surface area contributed by atoms with Gasteiger partial charge in [0, 0.05) is 31.4 Å². The molecule has 2 heterocycles. The first-order valence-corrected chi connectivity index (χ1v) is 15.2. The summed E-state index contributed by atoms with van der Waals surface area (Å²) in [5.74, 6) is -0.862. The minimum Gasteiger partial charge on any atom is -0.443 e. The molecule has 5 amide bonds. The van der Waals surface area contributed by atoms with E-state index in [9.17, 15) is 19.2 Å². The zero-order valence-electron chi connectivity index (χ0n) is 28.1. The van der Waals surface area contributed by atoms with Crippen molar-refractivity contribution >= 4 is 41.4 Å². The van der Waals surface area contributed by atoms with Gasteiger partial charge in [0.05, 0.1) is 23.6 Å². The van der Waals surface area contributed by atoms with Crippen LogP contribution < -0.4 is 26.2 Å². The molecule has 0 spiro atoms. The van der Waals surface area contributed by atoms with Gasteiger partial charge >= 0.3 is 18.2 Å². The van der Waals surface area contributed by atoms with Crippen LogP contribution in [0.25, 0.3) is 11.3 Å². The lowest BCUT2D eigenvalue weighted by Crippen LogP contribution is -2.44. The van der Waals surface area contributed by atoms with Gasteiger partial charge in [-0.1, -0.05) is 12.1 Å². The smallest absolute Gasteiger partial charge is 0.425 e. The van der Waals surface area contributed by atoms with Crippen LogP contribution in [0.3, 0.4) is 0 Å². The van der Waals surface area contributed by atoms with Crippen LogP contribution in [0.1, 0.15) is 64.4 Å². The fraction of sp³-hybridized carbons (Fsp3) is 0.394. The third-order valence-corrected chi connectivity index (χ3v) is 6.04. The molecule has 15 heteroatoms. The normalized spacial score (nSPS) is 11.3. The van der Waals surface area contributed by atoms with Gasteiger partial charge in [-0.05, 0) is 84.4 Å². The molecule has 3 rings (SSSR count). The third kappa shape index (κ3) is 10.9. The highest BCUT2D eigenvalue weighted by atomic mass is 19.1. The van der Waals surface area contributed by atoms with Crippen molar-refractivity contribution in [3.63, 3.8) is 0 Å². The summed E-state index contributed by atoms with van der Waals surface area (Å²) in [5, 5.41) is 19.6. The van der Waals surface area contributed by atoms with Gasteiger partial charge in [-0.25, -0.2) is 28.7 Å². The highest BCUT2D eigenvalue weighted by Gasteiger charge is 2.33. The Morgan fingerprint density at radius 1 is 0.917 bits per heavy atom. The molecule has 2 aromatic heterocycles. The van der Waals surface area contributed by atoms with Crippen LogP contribution in [-0.2, 0) is 16.0 Å². The number of hydrogen-bond acceptors (Lipinski definition) is 10. The van der Waals surface area contributed by atoms with Gasteiger partial charge in [-0.15, -0.1) is 0 Å². The van der Waals surface area contributed by atoms with Crippen LogP contribution in [0.5, 0.6) is 0 Å². The minimum atomic E-state index is -0.963. The summed E-state index contributed by atoms with van der Waals surface area (Å²) in [6.45, 7) is 12.2. The average molecular weight is 668 g/mol.